The standard InChI is InChI=1S/C24H23ClN4OS/c25-20-12-9-17(15-19(20)23-27-21-5-1-2-6-22(21)28-23)26-24(30)16-7-10-18(11-8-16)29-13-3-4-14-31-29/h1-2,5-12,15,23,27-28H,3-4,13-14H2,(H,26,30). The highest BCUT2D eigenvalue weighted by molar-refractivity contribution is 8.00. The number of hydrogen-bond donors (Lipinski definition) is 3. The molecule has 7 heteroatoms. The van der Waals surface area contributed by atoms with Gasteiger partial charge >= 0.3 is 0 Å². The van der Waals surface area contributed by atoms with E-state index in [0.717, 1.165) is 34.9 Å². The molecule has 0 radical (unpaired) electrons. The molecule has 0 unspecified atom stereocenters. The van der Waals surface area contributed by atoms with Crippen molar-refractivity contribution >= 4 is 52.2 Å². The molecule has 0 atom stereocenters. The average Bonchev–Trinajstić information content (AvgIpc) is 3.25. The SMILES string of the molecule is O=C(Nc1ccc(Cl)c(C2Nc3ccccc3N2)c1)c1ccc(N2CCCCS2)cc1. The summed E-state index contributed by atoms with van der Waals surface area (Å²) in [7, 11) is 0. The van der Waals surface area contributed by atoms with Crippen molar-refractivity contribution in [3.05, 3.63) is 82.9 Å². The fraction of sp³-hybridized carbons (Fsp3) is 0.208. The summed E-state index contributed by atoms with van der Waals surface area (Å²) in [6.07, 6.45) is 2.33. The quantitative estimate of drug-likeness (QED) is 0.403. The molecule has 3 aromatic rings. The first kappa shape index (κ1) is 20.1. The zero-order chi connectivity index (χ0) is 21.2. The molecule has 5 rings (SSSR count). The highest BCUT2D eigenvalue weighted by Crippen LogP contribution is 2.38. The lowest BCUT2D eigenvalue weighted by molar-refractivity contribution is 0.102. The molecule has 5 nitrogen and oxygen atoms in total. The van der Waals surface area contributed by atoms with Crippen LogP contribution in [0, 0.1) is 0 Å². The predicted octanol–water partition coefficient (Wildman–Crippen LogP) is 6.38. The normalized spacial score (nSPS) is 15.7. The van der Waals surface area contributed by atoms with Crippen molar-refractivity contribution in [1.82, 2.24) is 0 Å². The number of rotatable bonds is 4. The van der Waals surface area contributed by atoms with Gasteiger partial charge in [-0.3, -0.25) is 4.79 Å². The van der Waals surface area contributed by atoms with E-state index in [1.54, 1.807) is 0 Å². The van der Waals surface area contributed by atoms with Gasteiger partial charge in [0, 0.05) is 39.8 Å². The Morgan fingerprint density at radius 1 is 1.00 bits per heavy atom. The third-order valence-electron chi connectivity index (χ3n) is 5.51. The van der Waals surface area contributed by atoms with Crippen LogP contribution >= 0.6 is 23.5 Å². The largest absolute Gasteiger partial charge is 0.360 e. The molecule has 3 N–H and O–H groups in total. The maximum atomic E-state index is 12.8. The Morgan fingerprint density at radius 3 is 2.42 bits per heavy atom. The maximum Gasteiger partial charge on any atom is 0.255 e. The number of para-hydroxylation sites is 2. The van der Waals surface area contributed by atoms with E-state index < -0.39 is 0 Å². The fourth-order valence-corrected chi connectivity index (χ4v) is 5.17. The Morgan fingerprint density at radius 2 is 1.74 bits per heavy atom. The van der Waals surface area contributed by atoms with E-state index in [1.165, 1.54) is 12.8 Å². The monoisotopic (exact) mass is 450 g/mol. The van der Waals surface area contributed by atoms with Crippen LogP contribution in [-0.2, 0) is 0 Å². The number of halogens is 1. The van der Waals surface area contributed by atoms with Gasteiger partial charge in [-0.25, -0.2) is 0 Å². The second-order valence-corrected chi connectivity index (χ2v) is 9.16. The van der Waals surface area contributed by atoms with Gasteiger partial charge in [0.15, 0.2) is 0 Å². The molecule has 0 aliphatic carbocycles. The molecule has 2 aliphatic heterocycles. The van der Waals surface area contributed by atoms with E-state index in [2.05, 4.69) is 20.3 Å². The van der Waals surface area contributed by atoms with Gasteiger partial charge in [0.05, 0.1) is 11.4 Å². The lowest BCUT2D eigenvalue weighted by Crippen LogP contribution is -2.21. The Labute approximate surface area is 191 Å². The van der Waals surface area contributed by atoms with Crippen LogP contribution < -0.4 is 20.3 Å². The van der Waals surface area contributed by atoms with Crippen molar-refractivity contribution in [2.45, 2.75) is 19.0 Å². The number of benzene rings is 3. The third kappa shape index (κ3) is 4.31. The summed E-state index contributed by atoms with van der Waals surface area (Å²) in [5, 5.41) is 10.5. The lowest BCUT2D eigenvalue weighted by atomic mass is 10.1. The van der Waals surface area contributed by atoms with Gasteiger partial charge in [-0.1, -0.05) is 23.7 Å². The summed E-state index contributed by atoms with van der Waals surface area (Å²) in [5.74, 6) is 1.01. The zero-order valence-electron chi connectivity index (χ0n) is 16.9. The van der Waals surface area contributed by atoms with Gasteiger partial charge in [-0.05, 0) is 79.4 Å². The van der Waals surface area contributed by atoms with Crippen LogP contribution in [0.1, 0.15) is 34.9 Å². The van der Waals surface area contributed by atoms with Gasteiger partial charge in [0.25, 0.3) is 5.91 Å². The van der Waals surface area contributed by atoms with Crippen molar-refractivity contribution in [1.29, 1.82) is 0 Å². The molecular weight excluding hydrogens is 428 g/mol. The second kappa shape index (κ2) is 8.73. The summed E-state index contributed by atoms with van der Waals surface area (Å²) in [5.41, 5.74) is 5.43. The number of carbonyl (C=O) groups excluding carboxylic acids is 1. The molecule has 0 saturated carbocycles. The number of fused-ring (bicyclic) bond motifs is 1. The van der Waals surface area contributed by atoms with Crippen molar-refractivity contribution in [2.75, 3.05) is 32.6 Å². The first-order valence-electron chi connectivity index (χ1n) is 10.4. The molecular formula is C24H23ClN4OS. The lowest BCUT2D eigenvalue weighted by Gasteiger charge is -2.27. The van der Waals surface area contributed by atoms with Crippen LogP contribution in [0.5, 0.6) is 0 Å². The van der Waals surface area contributed by atoms with Crippen LogP contribution in [-0.4, -0.2) is 18.2 Å². The molecule has 31 heavy (non-hydrogen) atoms. The summed E-state index contributed by atoms with van der Waals surface area (Å²) < 4.78 is 2.30. The topological polar surface area (TPSA) is 56.4 Å². The molecule has 1 fully saturated rings. The van der Waals surface area contributed by atoms with E-state index in [1.807, 2.05) is 78.7 Å². The molecule has 0 spiro atoms. The zero-order valence-corrected chi connectivity index (χ0v) is 18.5. The van der Waals surface area contributed by atoms with Gasteiger partial charge in [0.1, 0.15) is 6.17 Å². The first-order valence-corrected chi connectivity index (χ1v) is 11.7. The molecule has 2 aliphatic rings. The van der Waals surface area contributed by atoms with Gasteiger partial charge in [-0.15, -0.1) is 0 Å². The van der Waals surface area contributed by atoms with Crippen molar-refractivity contribution < 1.29 is 4.79 Å². The maximum absolute atomic E-state index is 12.8. The van der Waals surface area contributed by atoms with E-state index >= 15 is 0 Å². The number of nitrogens with one attached hydrogen (secondary N) is 3. The first-order chi connectivity index (χ1) is 15.2. The molecule has 158 valence electrons. The molecule has 2 heterocycles. The second-order valence-electron chi connectivity index (χ2n) is 7.65. The Bertz CT molecular complexity index is 1070. The van der Waals surface area contributed by atoms with E-state index in [4.69, 9.17) is 11.6 Å². The van der Waals surface area contributed by atoms with Crippen LogP contribution in [0.4, 0.5) is 22.7 Å². The van der Waals surface area contributed by atoms with Crippen LogP contribution in [0.3, 0.4) is 0 Å². The fourth-order valence-electron chi connectivity index (χ4n) is 3.86. The summed E-state index contributed by atoms with van der Waals surface area (Å²) in [6, 6.07) is 21.4. The highest BCUT2D eigenvalue weighted by Gasteiger charge is 2.23. The van der Waals surface area contributed by atoms with E-state index in [-0.39, 0.29) is 12.1 Å². The summed E-state index contributed by atoms with van der Waals surface area (Å²) >= 11 is 8.32. The van der Waals surface area contributed by atoms with Gasteiger partial charge in [0.2, 0.25) is 0 Å². The number of nitrogens with zero attached hydrogens (tertiary/aromatic N) is 1. The molecule has 0 aromatic heterocycles. The van der Waals surface area contributed by atoms with Crippen molar-refractivity contribution in [3.63, 3.8) is 0 Å². The third-order valence-corrected chi connectivity index (χ3v) is 7.03. The van der Waals surface area contributed by atoms with Crippen LogP contribution in [0.25, 0.3) is 0 Å². The minimum absolute atomic E-state index is 0.137. The molecule has 1 saturated heterocycles. The number of hydrogen-bond acceptors (Lipinski definition) is 5. The number of amides is 1. The molecule has 1 amide bonds. The Balaban J connectivity index is 1.29. The molecule has 3 aromatic carbocycles. The highest BCUT2D eigenvalue weighted by atomic mass is 35.5. The minimum atomic E-state index is -0.150. The van der Waals surface area contributed by atoms with Crippen molar-refractivity contribution in [2.24, 2.45) is 0 Å². The van der Waals surface area contributed by atoms with Crippen LogP contribution in [0.15, 0.2) is 66.7 Å². The van der Waals surface area contributed by atoms with E-state index in [0.29, 0.717) is 16.3 Å². The Kier molecular flexibility index (Phi) is 5.66. The predicted molar refractivity (Wildman–Crippen MR) is 131 cm³/mol. The van der Waals surface area contributed by atoms with Gasteiger partial charge < -0.3 is 20.3 Å². The average molecular weight is 451 g/mol. The van der Waals surface area contributed by atoms with Crippen molar-refractivity contribution in [3.8, 4) is 0 Å². The van der Waals surface area contributed by atoms with Crippen LogP contribution in [0.2, 0.25) is 5.02 Å². The summed E-state index contributed by atoms with van der Waals surface area (Å²) in [4.78, 5) is 12.8. The number of carbonyl (C=O) groups is 1. The summed E-state index contributed by atoms with van der Waals surface area (Å²) in [6.45, 7) is 1.05. The minimum Gasteiger partial charge on any atom is -0.360 e. The van der Waals surface area contributed by atoms with Gasteiger partial charge in [-0.2, -0.15) is 0 Å². The molecule has 0 bridgehead atoms. The van der Waals surface area contributed by atoms with E-state index in [9.17, 15) is 4.79 Å². The number of anilines is 4. The Hall–Kier alpha value is -2.83. The smallest absolute Gasteiger partial charge is 0.255 e.